The Balaban J connectivity index is 1.85. The molecule has 0 atom stereocenters. The minimum absolute atomic E-state index is 0.00499. The van der Waals surface area contributed by atoms with Gasteiger partial charge in [-0.25, -0.2) is 0 Å². The van der Waals surface area contributed by atoms with Crippen molar-refractivity contribution in [1.82, 2.24) is 4.98 Å². The van der Waals surface area contributed by atoms with Gasteiger partial charge in [0.15, 0.2) is 0 Å². The van der Waals surface area contributed by atoms with Crippen molar-refractivity contribution in [3.05, 3.63) is 57.5 Å². The van der Waals surface area contributed by atoms with Gasteiger partial charge in [-0.2, -0.15) is 0 Å². The van der Waals surface area contributed by atoms with Crippen LogP contribution >= 0.6 is 0 Å². The number of aromatic amines is 1. The summed E-state index contributed by atoms with van der Waals surface area (Å²) in [6.45, 7) is 1.92. The molecular weight excluding hydrogens is 294 g/mol. The number of hydrogen-bond donors (Lipinski definition) is 3. The number of anilines is 2. The first kappa shape index (κ1) is 15.0. The van der Waals surface area contributed by atoms with Gasteiger partial charge in [0.2, 0.25) is 11.5 Å². The lowest BCUT2D eigenvalue weighted by molar-refractivity contribution is -0.116. The lowest BCUT2D eigenvalue weighted by Crippen LogP contribution is -2.20. The number of amides is 2. The van der Waals surface area contributed by atoms with E-state index in [0.717, 1.165) is 16.8 Å². The van der Waals surface area contributed by atoms with Crippen molar-refractivity contribution in [3.8, 4) is 0 Å². The summed E-state index contributed by atoms with van der Waals surface area (Å²) in [5.74, 6) is -0.307. The fourth-order valence-electron chi connectivity index (χ4n) is 2.66. The van der Waals surface area contributed by atoms with E-state index < -0.39 is 0 Å². The summed E-state index contributed by atoms with van der Waals surface area (Å²) in [4.78, 5) is 37.8. The van der Waals surface area contributed by atoms with Crippen LogP contribution < -0.4 is 16.2 Å². The van der Waals surface area contributed by atoms with Gasteiger partial charge in [0, 0.05) is 35.6 Å². The molecule has 0 aliphatic carbocycles. The third-order valence-corrected chi connectivity index (χ3v) is 3.89. The first-order valence-corrected chi connectivity index (χ1v) is 7.52. The molecule has 118 valence electrons. The van der Waals surface area contributed by atoms with Gasteiger partial charge < -0.3 is 15.6 Å². The molecule has 0 saturated carbocycles. The third-order valence-electron chi connectivity index (χ3n) is 3.89. The Labute approximate surface area is 132 Å². The van der Waals surface area contributed by atoms with Gasteiger partial charge in [0.1, 0.15) is 0 Å². The molecule has 2 amide bonds. The summed E-state index contributed by atoms with van der Waals surface area (Å²) in [6, 6.07) is 6.68. The van der Waals surface area contributed by atoms with Crippen LogP contribution in [0.3, 0.4) is 0 Å². The fraction of sp³-hybridized carbons (Fsp3) is 0.235. The topological polar surface area (TPSA) is 91.1 Å². The minimum Gasteiger partial charge on any atom is -0.329 e. The van der Waals surface area contributed by atoms with Gasteiger partial charge in [-0.05, 0) is 42.2 Å². The fourth-order valence-corrected chi connectivity index (χ4v) is 2.66. The summed E-state index contributed by atoms with van der Waals surface area (Å²) < 4.78 is 0. The standard InChI is InChI=1S/C17H17N3O3/c1-2-10-9-18-16(22)8-13(10)17(23)19-12-4-5-14-11(7-12)3-6-15(21)20-14/h4-5,7-9H,2-3,6H2,1H3,(H,18,22)(H,19,23)(H,20,21). The van der Waals surface area contributed by atoms with Crippen molar-refractivity contribution in [2.45, 2.75) is 26.2 Å². The molecule has 6 heteroatoms. The molecule has 2 aromatic rings. The summed E-state index contributed by atoms with van der Waals surface area (Å²) in [5.41, 5.74) is 3.27. The number of H-pyrrole nitrogens is 1. The molecule has 0 fully saturated rings. The molecule has 23 heavy (non-hydrogen) atoms. The summed E-state index contributed by atoms with van der Waals surface area (Å²) in [7, 11) is 0. The number of carbonyl (C=O) groups is 2. The number of pyridine rings is 1. The average Bonchev–Trinajstić information content (AvgIpc) is 2.55. The van der Waals surface area contributed by atoms with E-state index in [9.17, 15) is 14.4 Å². The molecule has 1 aliphatic heterocycles. The van der Waals surface area contributed by atoms with Crippen LogP contribution in [0.15, 0.2) is 35.3 Å². The zero-order chi connectivity index (χ0) is 16.4. The van der Waals surface area contributed by atoms with Crippen molar-refractivity contribution < 1.29 is 9.59 Å². The zero-order valence-electron chi connectivity index (χ0n) is 12.7. The lowest BCUT2D eigenvalue weighted by Gasteiger charge is -2.18. The van der Waals surface area contributed by atoms with Gasteiger partial charge in [-0.1, -0.05) is 6.92 Å². The smallest absolute Gasteiger partial charge is 0.256 e. The predicted octanol–water partition coefficient (Wildman–Crippen LogP) is 2.07. The second-order valence-corrected chi connectivity index (χ2v) is 5.46. The van der Waals surface area contributed by atoms with E-state index >= 15 is 0 Å². The largest absolute Gasteiger partial charge is 0.329 e. The monoisotopic (exact) mass is 311 g/mol. The van der Waals surface area contributed by atoms with E-state index in [4.69, 9.17) is 0 Å². The van der Waals surface area contributed by atoms with Crippen LogP contribution in [-0.4, -0.2) is 16.8 Å². The Kier molecular flexibility index (Phi) is 3.97. The van der Waals surface area contributed by atoms with E-state index in [1.54, 1.807) is 18.3 Å². The number of aromatic nitrogens is 1. The van der Waals surface area contributed by atoms with Gasteiger partial charge >= 0.3 is 0 Å². The lowest BCUT2D eigenvalue weighted by atomic mass is 10.0. The van der Waals surface area contributed by atoms with Gasteiger partial charge in [0.25, 0.3) is 5.91 Å². The second kappa shape index (κ2) is 6.08. The highest BCUT2D eigenvalue weighted by atomic mass is 16.2. The highest BCUT2D eigenvalue weighted by Crippen LogP contribution is 2.26. The number of benzene rings is 1. The van der Waals surface area contributed by atoms with Gasteiger partial charge in [-0.15, -0.1) is 0 Å². The van der Waals surface area contributed by atoms with E-state index in [1.807, 2.05) is 13.0 Å². The van der Waals surface area contributed by atoms with Gasteiger partial charge in [-0.3, -0.25) is 14.4 Å². The van der Waals surface area contributed by atoms with Crippen molar-refractivity contribution >= 4 is 23.2 Å². The molecule has 3 rings (SSSR count). The molecule has 0 spiro atoms. The molecule has 1 aromatic carbocycles. The SMILES string of the molecule is CCc1c[nH]c(=O)cc1C(=O)Nc1ccc2c(c1)CCC(=O)N2. The van der Waals surface area contributed by atoms with Crippen LogP contribution in [0.25, 0.3) is 0 Å². The minimum atomic E-state index is -0.312. The summed E-state index contributed by atoms with van der Waals surface area (Å²) in [5, 5.41) is 5.62. The van der Waals surface area contributed by atoms with E-state index in [0.29, 0.717) is 30.5 Å². The van der Waals surface area contributed by atoms with Gasteiger partial charge in [0.05, 0.1) is 0 Å². The van der Waals surface area contributed by atoms with E-state index in [2.05, 4.69) is 15.6 Å². The maximum Gasteiger partial charge on any atom is 0.256 e. The number of hydrogen-bond acceptors (Lipinski definition) is 3. The Morgan fingerprint density at radius 3 is 2.83 bits per heavy atom. The highest BCUT2D eigenvalue weighted by molar-refractivity contribution is 6.05. The van der Waals surface area contributed by atoms with Crippen LogP contribution in [-0.2, 0) is 17.6 Å². The number of aryl methyl sites for hydroxylation is 2. The highest BCUT2D eigenvalue weighted by Gasteiger charge is 2.16. The first-order chi connectivity index (χ1) is 11.1. The number of rotatable bonds is 3. The van der Waals surface area contributed by atoms with E-state index in [1.165, 1.54) is 6.07 Å². The summed E-state index contributed by atoms with van der Waals surface area (Å²) in [6.07, 6.45) is 3.31. The Morgan fingerprint density at radius 1 is 1.22 bits per heavy atom. The van der Waals surface area contributed by atoms with Crippen molar-refractivity contribution in [2.75, 3.05) is 10.6 Å². The number of nitrogens with one attached hydrogen (secondary N) is 3. The molecule has 0 radical (unpaired) electrons. The van der Waals surface area contributed by atoms with Crippen LogP contribution in [0, 0.1) is 0 Å². The summed E-state index contributed by atoms with van der Waals surface area (Å²) >= 11 is 0. The number of fused-ring (bicyclic) bond motifs is 1. The third kappa shape index (κ3) is 3.15. The Bertz CT molecular complexity index is 839. The Morgan fingerprint density at radius 2 is 2.04 bits per heavy atom. The zero-order valence-corrected chi connectivity index (χ0v) is 12.7. The predicted molar refractivity (Wildman–Crippen MR) is 87.8 cm³/mol. The maximum atomic E-state index is 12.4. The molecule has 0 bridgehead atoms. The molecule has 3 N–H and O–H groups in total. The quantitative estimate of drug-likeness (QED) is 0.810. The molecule has 0 saturated heterocycles. The van der Waals surface area contributed by atoms with Crippen molar-refractivity contribution in [3.63, 3.8) is 0 Å². The van der Waals surface area contributed by atoms with Crippen molar-refractivity contribution in [1.29, 1.82) is 0 Å². The van der Waals surface area contributed by atoms with Crippen LogP contribution in [0.1, 0.15) is 34.8 Å². The molecule has 2 heterocycles. The van der Waals surface area contributed by atoms with Crippen LogP contribution in [0.5, 0.6) is 0 Å². The second-order valence-electron chi connectivity index (χ2n) is 5.46. The number of carbonyl (C=O) groups excluding carboxylic acids is 2. The Hall–Kier alpha value is -2.89. The van der Waals surface area contributed by atoms with Crippen molar-refractivity contribution in [2.24, 2.45) is 0 Å². The van der Waals surface area contributed by atoms with Crippen LogP contribution in [0.4, 0.5) is 11.4 Å². The maximum absolute atomic E-state index is 12.4. The first-order valence-electron chi connectivity index (χ1n) is 7.52. The van der Waals surface area contributed by atoms with E-state index in [-0.39, 0.29) is 17.4 Å². The van der Waals surface area contributed by atoms with Crippen LogP contribution in [0.2, 0.25) is 0 Å². The molecule has 6 nitrogen and oxygen atoms in total. The molecular formula is C17H17N3O3. The molecule has 1 aromatic heterocycles. The molecule has 0 unspecified atom stereocenters. The normalized spacial score (nSPS) is 13.2. The average molecular weight is 311 g/mol. The molecule has 1 aliphatic rings.